The van der Waals surface area contributed by atoms with Gasteiger partial charge in [0, 0.05) is 36.4 Å². The molecule has 3 nitrogen and oxygen atoms in total. The highest BCUT2D eigenvalue weighted by atomic mass is 33.1. The normalized spacial score (nSPS) is 11.9. The van der Waals surface area contributed by atoms with E-state index in [0.717, 1.165) is 22.8 Å². The van der Waals surface area contributed by atoms with Crippen LogP contribution >= 0.6 is 21.6 Å². The van der Waals surface area contributed by atoms with Crippen LogP contribution < -0.4 is 0 Å². The molecule has 0 heterocycles. The summed E-state index contributed by atoms with van der Waals surface area (Å²) in [5.74, 6) is 0.901. The van der Waals surface area contributed by atoms with E-state index in [1.807, 2.05) is 25.1 Å². The topological polar surface area (TPSA) is 40.5 Å². The van der Waals surface area contributed by atoms with E-state index >= 15 is 0 Å². The largest absolute Gasteiger partial charge is 0.396 e. The molecule has 0 spiro atoms. The van der Waals surface area contributed by atoms with Gasteiger partial charge >= 0.3 is 0 Å². The van der Waals surface area contributed by atoms with Gasteiger partial charge in [-0.15, -0.1) is 0 Å². The fourth-order valence-electron chi connectivity index (χ4n) is 1.40. The van der Waals surface area contributed by atoms with E-state index in [1.165, 1.54) is 5.56 Å². The lowest BCUT2D eigenvalue weighted by Crippen LogP contribution is -2.14. The summed E-state index contributed by atoms with van der Waals surface area (Å²) in [5.41, 5.74) is 2.17. The summed E-state index contributed by atoms with van der Waals surface area (Å²) in [4.78, 5) is 13.3. The molecule has 0 aromatic heterocycles. The maximum Gasteiger partial charge on any atom is 0.213 e. The molecule has 0 radical (unpaired) electrons. The Balaban J connectivity index is 2.57. The Hall–Kier alpha value is -0.910. The number of benzene rings is 1. The Morgan fingerprint density at radius 3 is 2.63 bits per heavy atom. The second-order valence-corrected chi connectivity index (χ2v) is 6.42. The number of nitrogens with zero attached hydrogens (tertiary/aromatic N) is 1. The second kappa shape index (κ2) is 9.07. The Kier molecular flexibility index (Phi) is 7.70. The fourth-order valence-corrected chi connectivity index (χ4v) is 4.00. The number of hydrogen-bond acceptors (Lipinski definition) is 4. The Morgan fingerprint density at radius 1 is 1.37 bits per heavy atom. The van der Waals surface area contributed by atoms with Gasteiger partial charge in [0.25, 0.3) is 0 Å². The van der Waals surface area contributed by atoms with E-state index in [4.69, 9.17) is 5.11 Å². The summed E-state index contributed by atoms with van der Waals surface area (Å²) in [6, 6.07) is 10.2. The minimum atomic E-state index is 0.0955. The molecule has 1 rings (SSSR count). The predicted octanol–water partition coefficient (Wildman–Crippen LogP) is 3.27. The maximum atomic E-state index is 10.8. The van der Waals surface area contributed by atoms with Gasteiger partial charge < -0.3 is 10.0 Å². The first-order valence-corrected chi connectivity index (χ1v) is 8.33. The van der Waals surface area contributed by atoms with Crippen LogP contribution in [0.3, 0.4) is 0 Å². The molecule has 0 aliphatic rings. The van der Waals surface area contributed by atoms with Crippen molar-refractivity contribution in [3.05, 3.63) is 46.5 Å². The molecule has 1 N–H and O–H groups in total. The van der Waals surface area contributed by atoms with Crippen molar-refractivity contribution in [2.24, 2.45) is 0 Å². The zero-order valence-corrected chi connectivity index (χ0v) is 12.8. The first kappa shape index (κ1) is 16.1. The molecular formula is C14H19NO2S2. The van der Waals surface area contributed by atoms with Gasteiger partial charge in [0.05, 0.1) is 0 Å². The van der Waals surface area contributed by atoms with Gasteiger partial charge in [-0.25, -0.2) is 0 Å². The molecular weight excluding hydrogens is 278 g/mol. The number of aliphatic hydroxyl groups excluding tert-OH is 1. The molecule has 0 fully saturated rings. The van der Waals surface area contributed by atoms with Crippen molar-refractivity contribution in [1.29, 1.82) is 0 Å². The van der Waals surface area contributed by atoms with Crippen molar-refractivity contribution < 1.29 is 9.90 Å². The third kappa shape index (κ3) is 5.72. The quantitative estimate of drug-likeness (QED) is 0.590. The van der Waals surface area contributed by atoms with E-state index in [9.17, 15) is 4.79 Å². The number of allylic oxidation sites excluding steroid dienone is 1. The minimum Gasteiger partial charge on any atom is -0.396 e. The van der Waals surface area contributed by atoms with Crippen LogP contribution in [0.1, 0.15) is 18.9 Å². The summed E-state index contributed by atoms with van der Waals surface area (Å²) in [6.45, 7) is 1.99. The van der Waals surface area contributed by atoms with Crippen LogP contribution in [0, 0.1) is 0 Å². The molecule has 0 unspecified atom stereocenters. The first-order chi connectivity index (χ1) is 9.19. The van der Waals surface area contributed by atoms with Crippen LogP contribution in [0.25, 0.3) is 0 Å². The molecule has 0 saturated heterocycles. The van der Waals surface area contributed by atoms with Crippen LogP contribution in [-0.4, -0.2) is 30.1 Å². The lowest BCUT2D eigenvalue weighted by molar-refractivity contribution is -0.115. The van der Waals surface area contributed by atoms with E-state index in [2.05, 4.69) is 12.1 Å². The Morgan fingerprint density at radius 2 is 2.05 bits per heavy atom. The van der Waals surface area contributed by atoms with Gasteiger partial charge in [-0.1, -0.05) is 51.9 Å². The SMILES string of the molecule is C/C(=C(\CCO)SSCc1ccccc1)N(C)C=O. The standard InChI is InChI=1S/C14H19NO2S2/c1-12(15(2)11-17)14(8-9-16)19-18-10-13-6-4-3-5-7-13/h3-7,11,16H,8-10H2,1-2H3/b14-12-. The van der Waals surface area contributed by atoms with E-state index in [-0.39, 0.29) is 6.61 Å². The molecule has 1 aromatic carbocycles. The number of amides is 1. The van der Waals surface area contributed by atoms with Gasteiger partial charge in [0.2, 0.25) is 6.41 Å². The van der Waals surface area contributed by atoms with Gasteiger partial charge in [0.1, 0.15) is 0 Å². The first-order valence-electron chi connectivity index (χ1n) is 6.01. The van der Waals surface area contributed by atoms with E-state index in [0.29, 0.717) is 6.42 Å². The number of rotatable bonds is 8. The summed E-state index contributed by atoms with van der Waals surface area (Å²) < 4.78 is 0. The molecule has 1 amide bonds. The molecule has 5 heteroatoms. The molecule has 0 aliphatic carbocycles. The monoisotopic (exact) mass is 297 g/mol. The van der Waals surface area contributed by atoms with Crippen LogP contribution in [0.15, 0.2) is 40.9 Å². The van der Waals surface area contributed by atoms with E-state index in [1.54, 1.807) is 33.5 Å². The number of carbonyl (C=O) groups excluding carboxylic acids is 1. The minimum absolute atomic E-state index is 0.0955. The maximum absolute atomic E-state index is 10.8. The number of hydrogen-bond donors (Lipinski definition) is 1. The van der Waals surface area contributed by atoms with Gasteiger partial charge in [0.15, 0.2) is 0 Å². The molecule has 104 valence electrons. The molecule has 0 saturated carbocycles. The molecule has 0 atom stereocenters. The van der Waals surface area contributed by atoms with Crippen molar-refractivity contribution in [3.8, 4) is 0 Å². The lowest BCUT2D eigenvalue weighted by Gasteiger charge is -2.16. The average Bonchev–Trinajstić information content (AvgIpc) is 2.46. The fraction of sp³-hybridized carbons (Fsp3) is 0.357. The van der Waals surface area contributed by atoms with Crippen molar-refractivity contribution in [2.75, 3.05) is 13.7 Å². The Bertz CT molecular complexity index is 421. The van der Waals surface area contributed by atoms with Gasteiger partial charge in [-0.05, 0) is 12.5 Å². The molecule has 0 aliphatic heterocycles. The van der Waals surface area contributed by atoms with Gasteiger partial charge in [-0.3, -0.25) is 4.79 Å². The lowest BCUT2D eigenvalue weighted by atomic mass is 10.2. The number of carbonyl (C=O) groups is 1. The van der Waals surface area contributed by atoms with Crippen LogP contribution in [-0.2, 0) is 10.5 Å². The molecule has 1 aromatic rings. The number of aliphatic hydroxyl groups is 1. The summed E-state index contributed by atoms with van der Waals surface area (Å²) in [7, 11) is 5.07. The third-order valence-corrected chi connectivity index (χ3v) is 5.24. The summed E-state index contributed by atoms with van der Waals surface area (Å²) in [6.07, 6.45) is 1.37. The van der Waals surface area contributed by atoms with Crippen LogP contribution in [0.4, 0.5) is 0 Å². The van der Waals surface area contributed by atoms with Crippen LogP contribution in [0.2, 0.25) is 0 Å². The highest BCUT2D eigenvalue weighted by molar-refractivity contribution is 8.77. The smallest absolute Gasteiger partial charge is 0.213 e. The highest BCUT2D eigenvalue weighted by Crippen LogP contribution is 2.36. The van der Waals surface area contributed by atoms with Crippen molar-refractivity contribution in [2.45, 2.75) is 19.1 Å². The van der Waals surface area contributed by atoms with Gasteiger partial charge in [-0.2, -0.15) is 0 Å². The third-order valence-electron chi connectivity index (χ3n) is 2.66. The molecule has 0 bridgehead atoms. The summed E-state index contributed by atoms with van der Waals surface area (Å²) in [5, 5.41) is 9.09. The Labute approximate surface area is 122 Å². The summed E-state index contributed by atoms with van der Waals surface area (Å²) >= 11 is 0. The second-order valence-electron chi connectivity index (χ2n) is 4.03. The van der Waals surface area contributed by atoms with Crippen molar-refractivity contribution in [3.63, 3.8) is 0 Å². The predicted molar refractivity (Wildman–Crippen MR) is 83.6 cm³/mol. The van der Waals surface area contributed by atoms with Crippen molar-refractivity contribution in [1.82, 2.24) is 4.90 Å². The molecule has 19 heavy (non-hydrogen) atoms. The zero-order valence-electron chi connectivity index (χ0n) is 11.2. The zero-order chi connectivity index (χ0) is 14.1. The average molecular weight is 297 g/mol. The van der Waals surface area contributed by atoms with Crippen molar-refractivity contribution >= 4 is 28.0 Å². The van der Waals surface area contributed by atoms with Crippen LogP contribution in [0.5, 0.6) is 0 Å². The highest BCUT2D eigenvalue weighted by Gasteiger charge is 2.08. The van der Waals surface area contributed by atoms with E-state index < -0.39 is 0 Å².